The first-order valence-corrected chi connectivity index (χ1v) is 5.72. The van der Waals surface area contributed by atoms with E-state index in [1.807, 2.05) is 0 Å². The Morgan fingerprint density at radius 3 is 2.33 bits per heavy atom. The molecule has 1 N–H and O–H groups in total. The Balaban J connectivity index is 2.64. The molecule has 1 aromatic rings. The van der Waals surface area contributed by atoms with Crippen molar-refractivity contribution >= 4 is 33.3 Å². The number of hydrogen-bond acceptors (Lipinski definition) is 2. The highest BCUT2D eigenvalue weighted by molar-refractivity contribution is 9.09. The van der Waals surface area contributed by atoms with Crippen molar-refractivity contribution in [3.8, 4) is 0 Å². The van der Waals surface area contributed by atoms with Crippen LogP contribution < -0.4 is 5.32 Å². The number of halogens is 1. The summed E-state index contributed by atoms with van der Waals surface area (Å²) in [5.41, 5.74) is 1.36. The van der Waals surface area contributed by atoms with E-state index < -0.39 is 0 Å². The molecule has 15 heavy (non-hydrogen) atoms. The van der Waals surface area contributed by atoms with Gasteiger partial charge in [-0.15, -0.1) is 0 Å². The summed E-state index contributed by atoms with van der Waals surface area (Å²) in [6.07, 6.45) is 0.439. The van der Waals surface area contributed by atoms with Crippen molar-refractivity contribution in [3.05, 3.63) is 29.8 Å². The zero-order chi connectivity index (χ0) is 11.3. The fraction of sp³-hybridized carbons (Fsp3) is 0.273. The van der Waals surface area contributed by atoms with Gasteiger partial charge in [-0.05, 0) is 31.2 Å². The molecule has 0 aliphatic carbocycles. The van der Waals surface area contributed by atoms with E-state index in [9.17, 15) is 9.59 Å². The van der Waals surface area contributed by atoms with Crippen molar-refractivity contribution in [2.75, 3.05) is 10.6 Å². The Morgan fingerprint density at radius 1 is 1.27 bits per heavy atom. The van der Waals surface area contributed by atoms with Crippen LogP contribution in [0.4, 0.5) is 5.69 Å². The normalized spacial score (nSPS) is 9.73. The van der Waals surface area contributed by atoms with Crippen molar-refractivity contribution in [3.63, 3.8) is 0 Å². The quantitative estimate of drug-likeness (QED) is 0.675. The minimum Gasteiger partial charge on any atom is -0.326 e. The van der Waals surface area contributed by atoms with Crippen LogP contribution in [0.1, 0.15) is 23.7 Å². The lowest BCUT2D eigenvalue weighted by Crippen LogP contribution is -2.11. The van der Waals surface area contributed by atoms with Crippen molar-refractivity contribution in [2.24, 2.45) is 0 Å². The van der Waals surface area contributed by atoms with E-state index in [2.05, 4.69) is 21.2 Å². The molecule has 1 rings (SSSR count). The van der Waals surface area contributed by atoms with E-state index in [4.69, 9.17) is 0 Å². The molecular formula is C11H12BrNO2. The van der Waals surface area contributed by atoms with Crippen LogP contribution >= 0.6 is 15.9 Å². The number of carbonyl (C=O) groups is 2. The predicted molar refractivity (Wildman–Crippen MR) is 63.5 cm³/mol. The van der Waals surface area contributed by atoms with Gasteiger partial charge in [-0.1, -0.05) is 15.9 Å². The topological polar surface area (TPSA) is 46.2 Å². The highest BCUT2D eigenvalue weighted by Crippen LogP contribution is 2.10. The van der Waals surface area contributed by atoms with Crippen molar-refractivity contribution in [1.82, 2.24) is 0 Å². The van der Waals surface area contributed by atoms with Gasteiger partial charge in [0, 0.05) is 23.0 Å². The maximum atomic E-state index is 11.2. The molecular weight excluding hydrogens is 258 g/mol. The molecule has 80 valence electrons. The Hall–Kier alpha value is -1.16. The fourth-order valence-electron chi connectivity index (χ4n) is 1.10. The molecule has 3 nitrogen and oxygen atoms in total. The van der Waals surface area contributed by atoms with E-state index in [-0.39, 0.29) is 11.7 Å². The van der Waals surface area contributed by atoms with Crippen LogP contribution in [0.2, 0.25) is 0 Å². The lowest BCUT2D eigenvalue weighted by atomic mass is 10.1. The molecule has 0 saturated heterocycles. The number of carbonyl (C=O) groups excluding carboxylic acids is 2. The fourth-order valence-corrected chi connectivity index (χ4v) is 1.46. The minimum absolute atomic E-state index is 0.0216. The number of alkyl halides is 1. The average Bonchev–Trinajstić information content (AvgIpc) is 2.18. The molecule has 0 bridgehead atoms. The summed E-state index contributed by atoms with van der Waals surface area (Å²) in [5.74, 6) is -0.0178. The van der Waals surface area contributed by atoms with Crippen LogP contribution in [-0.2, 0) is 4.79 Å². The van der Waals surface area contributed by atoms with E-state index in [0.29, 0.717) is 23.0 Å². The number of benzene rings is 1. The first-order chi connectivity index (χ1) is 7.13. The van der Waals surface area contributed by atoms with E-state index in [1.54, 1.807) is 24.3 Å². The van der Waals surface area contributed by atoms with Gasteiger partial charge in [0.2, 0.25) is 5.91 Å². The van der Waals surface area contributed by atoms with Gasteiger partial charge in [0.05, 0.1) is 0 Å². The Labute approximate surface area is 97.0 Å². The maximum Gasteiger partial charge on any atom is 0.225 e. The third-order valence-corrected chi connectivity index (χ3v) is 2.29. The maximum absolute atomic E-state index is 11.2. The van der Waals surface area contributed by atoms with Crippen LogP contribution in [0.25, 0.3) is 0 Å². The molecule has 0 atom stereocenters. The molecule has 0 unspecified atom stereocenters. The van der Waals surface area contributed by atoms with Crippen LogP contribution in [0.15, 0.2) is 24.3 Å². The van der Waals surface area contributed by atoms with Crippen molar-refractivity contribution in [1.29, 1.82) is 0 Å². The Morgan fingerprint density at radius 2 is 1.87 bits per heavy atom. The van der Waals surface area contributed by atoms with Gasteiger partial charge < -0.3 is 5.32 Å². The highest BCUT2D eigenvalue weighted by atomic mass is 79.9. The minimum atomic E-state index is -0.0394. The van der Waals surface area contributed by atoms with Crippen LogP contribution in [0, 0.1) is 0 Å². The van der Waals surface area contributed by atoms with Gasteiger partial charge in [0.1, 0.15) is 0 Å². The number of nitrogens with one attached hydrogen (secondary N) is 1. The SMILES string of the molecule is CC(=O)c1ccc(NC(=O)CCBr)cc1. The monoisotopic (exact) mass is 269 g/mol. The zero-order valence-corrected chi connectivity index (χ0v) is 10.0. The van der Waals surface area contributed by atoms with Gasteiger partial charge in [-0.3, -0.25) is 9.59 Å². The first kappa shape index (κ1) is 11.9. The standard InChI is InChI=1S/C11H12BrNO2/c1-8(14)9-2-4-10(5-3-9)13-11(15)6-7-12/h2-5H,6-7H2,1H3,(H,13,15). The van der Waals surface area contributed by atoms with Gasteiger partial charge in [-0.2, -0.15) is 0 Å². The number of Topliss-reactive ketones (excluding diaryl/α,β-unsaturated/α-hetero) is 1. The van der Waals surface area contributed by atoms with Crippen molar-refractivity contribution in [2.45, 2.75) is 13.3 Å². The average molecular weight is 270 g/mol. The summed E-state index contributed by atoms with van der Waals surface area (Å²) in [4.78, 5) is 22.2. The van der Waals surface area contributed by atoms with E-state index >= 15 is 0 Å². The van der Waals surface area contributed by atoms with Gasteiger partial charge in [0.15, 0.2) is 5.78 Å². The zero-order valence-electron chi connectivity index (χ0n) is 8.42. The summed E-state index contributed by atoms with van der Waals surface area (Å²) < 4.78 is 0. The molecule has 1 aromatic carbocycles. The third kappa shape index (κ3) is 3.83. The predicted octanol–water partition coefficient (Wildman–Crippen LogP) is 2.61. The Bertz CT molecular complexity index is 359. The largest absolute Gasteiger partial charge is 0.326 e. The second-order valence-corrected chi connectivity index (χ2v) is 3.91. The van der Waals surface area contributed by atoms with Crippen molar-refractivity contribution < 1.29 is 9.59 Å². The van der Waals surface area contributed by atoms with E-state index in [1.165, 1.54) is 6.92 Å². The summed E-state index contributed by atoms with van der Waals surface area (Å²) >= 11 is 3.19. The first-order valence-electron chi connectivity index (χ1n) is 4.60. The number of anilines is 1. The van der Waals surface area contributed by atoms with Crippen LogP contribution in [0.3, 0.4) is 0 Å². The lowest BCUT2D eigenvalue weighted by molar-refractivity contribution is -0.115. The van der Waals surface area contributed by atoms with E-state index in [0.717, 1.165) is 0 Å². The highest BCUT2D eigenvalue weighted by Gasteiger charge is 2.02. The second kappa shape index (κ2) is 5.66. The summed E-state index contributed by atoms with van der Waals surface area (Å²) in [7, 11) is 0. The third-order valence-electron chi connectivity index (χ3n) is 1.90. The number of amides is 1. The smallest absolute Gasteiger partial charge is 0.225 e. The second-order valence-electron chi connectivity index (χ2n) is 3.12. The molecule has 0 aliphatic rings. The summed E-state index contributed by atoms with van der Waals surface area (Å²) in [6, 6.07) is 6.85. The summed E-state index contributed by atoms with van der Waals surface area (Å²) in [6.45, 7) is 1.51. The molecule has 0 heterocycles. The number of ketones is 1. The molecule has 0 fully saturated rings. The molecule has 1 amide bonds. The van der Waals surface area contributed by atoms with Gasteiger partial charge in [0.25, 0.3) is 0 Å². The van der Waals surface area contributed by atoms with Crippen LogP contribution in [0.5, 0.6) is 0 Å². The molecule has 0 spiro atoms. The van der Waals surface area contributed by atoms with Gasteiger partial charge in [-0.25, -0.2) is 0 Å². The Kier molecular flexibility index (Phi) is 4.49. The van der Waals surface area contributed by atoms with Crippen LogP contribution in [-0.4, -0.2) is 17.0 Å². The number of rotatable bonds is 4. The number of hydrogen-bond donors (Lipinski definition) is 1. The lowest BCUT2D eigenvalue weighted by Gasteiger charge is -2.04. The molecule has 0 aromatic heterocycles. The molecule has 0 aliphatic heterocycles. The molecule has 4 heteroatoms. The van der Waals surface area contributed by atoms with Gasteiger partial charge >= 0.3 is 0 Å². The molecule has 0 radical (unpaired) electrons. The summed E-state index contributed by atoms with van der Waals surface area (Å²) in [5, 5.41) is 3.37. The molecule has 0 saturated carbocycles.